The van der Waals surface area contributed by atoms with Crippen molar-refractivity contribution in [1.29, 1.82) is 0 Å². The highest BCUT2D eigenvalue weighted by Gasteiger charge is 2.32. The number of aromatic nitrogens is 3. The summed E-state index contributed by atoms with van der Waals surface area (Å²) >= 11 is 0. The summed E-state index contributed by atoms with van der Waals surface area (Å²) in [6, 6.07) is 6.05. The highest BCUT2D eigenvalue weighted by molar-refractivity contribution is 5.93. The van der Waals surface area contributed by atoms with Crippen molar-refractivity contribution in [3.63, 3.8) is 0 Å². The lowest BCUT2D eigenvalue weighted by Crippen LogP contribution is -2.30. The van der Waals surface area contributed by atoms with Crippen molar-refractivity contribution in [2.24, 2.45) is 12.8 Å². The molecule has 0 aliphatic rings. The second kappa shape index (κ2) is 7.23. The zero-order valence-electron chi connectivity index (χ0n) is 16.3. The number of rotatable bonds is 5. The highest BCUT2D eigenvalue weighted by Crippen LogP contribution is 2.33. The van der Waals surface area contributed by atoms with E-state index in [-0.39, 0.29) is 22.8 Å². The second-order valence-electron chi connectivity index (χ2n) is 7.14. The Hall–Kier alpha value is -3.36. The molecule has 0 saturated heterocycles. The molecule has 0 unspecified atom stereocenters. The monoisotopic (exact) mass is 404 g/mol. The summed E-state index contributed by atoms with van der Waals surface area (Å²) in [5.74, 6) is -3.33. The first-order chi connectivity index (χ1) is 13.5. The van der Waals surface area contributed by atoms with Gasteiger partial charge in [-0.2, -0.15) is 0 Å². The number of halogens is 3. The van der Waals surface area contributed by atoms with Crippen molar-refractivity contribution in [1.82, 2.24) is 14.8 Å². The summed E-state index contributed by atoms with van der Waals surface area (Å²) in [5.41, 5.74) is 4.38. The summed E-state index contributed by atoms with van der Waals surface area (Å²) in [5, 5.41) is 8.00. The van der Waals surface area contributed by atoms with Crippen LogP contribution in [0, 0.1) is 24.4 Å². The molecular weight excluding hydrogens is 385 g/mol. The summed E-state index contributed by atoms with van der Waals surface area (Å²) < 4.78 is 49.9. The Kier molecular flexibility index (Phi) is 5.08. The Bertz CT molecular complexity index is 1090. The molecule has 2 N–H and O–H groups in total. The first kappa shape index (κ1) is 20.4. The molecular formula is C20H19F3N4O2. The van der Waals surface area contributed by atoms with Gasteiger partial charge in [0.25, 0.3) is 0 Å². The average Bonchev–Trinajstić information content (AvgIpc) is 3.00. The summed E-state index contributed by atoms with van der Waals surface area (Å²) in [6.07, 6.45) is 0. The van der Waals surface area contributed by atoms with Crippen LogP contribution in [0.25, 0.3) is 11.4 Å². The normalized spacial score (nSPS) is 11.6. The van der Waals surface area contributed by atoms with Gasteiger partial charge in [0, 0.05) is 12.6 Å². The molecule has 29 heavy (non-hydrogen) atoms. The lowest BCUT2D eigenvalue weighted by Gasteiger charge is -2.26. The summed E-state index contributed by atoms with van der Waals surface area (Å²) in [6.45, 7) is 4.69. The molecule has 1 aromatic heterocycles. The average molecular weight is 404 g/mol. The fourth-order valence-corrected chi connectivity index (χ4v) is 3.02. The summed E-state index contributed by atoms with van der Waals surface area (Å²) in [4.78, 5) is 11.2. The number of hydrogen-bond acceptors (Lipinski definition) is 4. The van der Waals surface area contributed by atoms with Gasteiger partial charge in [0.05, 0.1) is 5.56 Å². The van der Waals surface area contributed by atoms with Gasteiger partial charge in [-0.1, -0.05) is 0 Å². The number of hydrogen-bond donors (Lipinski definition) is 1. The van der Waals surface area contributed by atoms with E-state index < -0.39 is 34.7 Å². The van der Waals surface area contributed by atoms with Crippen LogP contribution in [-0.4, -0.2) is 20.7 Å². The zero-order valence-corrected chi connectivity index (χ0v) is 16.3. The molecule has 3 rings (SSSR count). The highest BCUT2D eigenvalue weighted by atomic mass is 19.1. The lowest BCUT2D eigenvalue weighted by atomic mass is 10.1. The molecule has 9 heteroatoms. The van der Waals surface area contributed by atoms with E-state index in [0.29, 0.717) is 5.56 Å². The number of carbonyl (C=O) groups is 1. The third-order valence-corrected chi connectivity index (χ3v) is 4.41. The standard InChI is InChI=1S/C20H19F3N4O2/c1-10-7-14(22)16(15(23)8-10)29-20(2,3)19-26-25-18(27(19)4)12-6-5-11(17(24)28)9-13(12)21/h5-9H,1-4H3,(H2,24,28). The first-order valence-electron chi connectivity index (χ1n) is 8.65. The number of primary amides is 1. The van der Waals surface area contributed by atoms with Gasteiger partial charge in [-0.05, 0) is 56.7 Å². The molecule has 0 bridgehead atoms. The van der Waals surface area contributed by atoms with Crippen molar-refractivity contribution in [3.05, 3.63) is 64.7 Å². The molecule has 1 amide bonds. The van der Waals surface area contributed by atoms with Gasteiger partial charge in [-0.25, -0.2) is 13.2 Å². The molecule has 0 saturated carbocycles. The molecule has 3 aromatic rings. The molecule has 0 fully saturated rings. The number of nitrogens with zero attached hydrogens (tertiary/aromatic N) is 3. The minimum Gasteiger partial charge on any atom is -0.474 e. The quantitative estimate of drug-likeness (QED) is 0.704. The Labute approximate surface area is 165 Å². The Balaban J connectivity index is 1.99. The third kappa shape index (κ3) is 3.80. The maximum atomic E-state index is 14.5. The van der Waals surface area contributed by atoms with Gasteiger partial charge < -0.3 is 15.0 Å². The fraction of sp³-hybridized carbons (Fsp3) is 0.250. The van der Waals surface area contributed by atoms with Crippen LogP contribution in [0.5, 0.6) is 5.75 Å². The fourth-order valence-electron chi connectivity index (χ4n) is 3.02. The molecule has 2 aromatic carbocycles. The van der Waals surface area contributed by atoms with E-state index in [0.717, 1.165) is 18.2 Å². The van der Waals surface area contributed by atoms with E-state index in [2.05, 4.69) is 10.2 Å². The van der Waals surface area contributed by atoms with Crippen LogP contribution in [0.1, 0.15) is 35.6 Å². The number of aryl methyl sites for hydroxylation is 1. The van der Waals surface area contributed by atoms with Gasteiger partial charge in [0.2, 0.25) is 5.91 Å². The molecule has 6 nitrogen and oxygen atoms in total. The smallest absolute Gasteiger partial charge is 0.248 e. The van der Waals surface area contributed by atoms with Gasteiger partial charge >= 0.3 is 0 Å². The van der Waals surface area contributed by atoms with Gasteiger partial charge in [-0.3, -0.25) is 4.79 Å². The molecule has 0 aliphatic carbocycles. The largest absolute Gasteiger partial charge is 0.474 e. The SMILES string of the molecule is Cc1cc(F)c(OC(C)(C)c2nnc(-c3ccc(C(N)=O)cc3F)n2C)c(F)c1. The van der Waals surface area contributed by atoms with E-state index in [1.165, 1.54) is 16.7 Å². The van der Waals surface area contributed by atoms with E-state index in [1.807, 2.05) is 0 Å². The molecule has 0 spiro atoms. The minimum absolute atomic E-state index is 0.0163. The van der Waals surface area contributed by atoms with Gasteiger partial charge in [-0.15, -0.1) is 10.2 Å². The van der Waals surface area contributed by atoms with Crippen LogP contribution in [0.15, 0.2) is 30.3 Å². The van der Waals surface area contributed by atoms with Crippen molar-refractivity contribution in [2.75, 3.05) is 0 Å². The van der Waals surface area contributed by atoms with E-state index in [9.17, 15) is 18.0 Å². The number of ether oxygens (including phenoxy) is 1. The summed E-state index contributed by atoms with van der Waals surface area (Å²) in [7, 11) is 1.57. The number of nitrogens with two attached hydrogens (primary N) is 1. The molecule has 152 valence electrons. The lowest BCUT2D eigenvalue weighted by molar-refractivity contribution is 0.0835. The third-order valence-electron chi connectivity index (χ3n) is 4.41. The second-order valence-corrected chi connectivity index (χ2v) is 7.14. The number of benzene rings is 2. The van der Waals surface area contributed by atoms with Crippen molar-refractivity contribution >= 4 is 5.91 Å². The number of amides is 1. The maximum absolute atomic E-state index is 14.5. The zero-order chi connectivity index (χ0) is 21.5. The van der Waals surface area contributed by atoms with Crippen LogP contribution in [-0.2, 0) is 12.6 Å². The first-order valence-corrected chi connectivity index (χ1v) is 8.65. The van der Waals surface area contributed by atoms with Crippen LogP contribution in [0.2, 0.25) is 0 Å². The predicted molar refractivity (Wildman–Crippen MR) is 99.7 cm³/mol. The van der Waals surface area contributed by atoms with Crippen LogP contribution in [0.4, 0.5) is 13.2 Å². The molecule has 0 radical (unpaired) electrons. The van der Waals surface area contributed by atoms with E-state index in [4.69, 9.17) is 10.5 Å². The molecule has 1 heterocycles. The van der Waals surface area contributed by atoms with Crippen molar-refractivity contribution in [2.45, 2.75) is 26.4 Å². The minimum atomic E-state index is -1.29. The van der Waals surface area contributed by atoms with E-state index in [1.54, 1.807) is 27.8 Å². The van der Waals surface area contributed by atoms with Crippen molar-refractivity contribution < 1.29 is 22.7 Å². The molecule has 0 aliphatic heterocycles. The maximum Gasteiger partial charge on any atom is 0.248 e. The molecule has 0 atom stereocenters. The number of carbonyl (C=O) groups excluding carboxylic acids is 1. The van der Waals surface area contributed by atoms with Crippen molar-refractivity contribution in [3.8, 4) is 17.1 Å². The van der Waals surface area contributed by atoms with Crippen LogP contribution < -0.4 is 10.5 Å². The Morgan fingerprint density at radius 3 is 2.24 bits per heavy atom. The van der Waals surface area contributed by atoms with E-state index >= 15 is 0 Å². The Morgan fingerprint density at radius 2 is 1.69 bits per heavy atom. The van der Waals surface area contributed by atoms with Crippen LogP contribution >= 0.6 is 0 Å². The Morgan fingerprint density at radius 1 is 1.07 bits per heavy atom. The van der Waals surface area contributed by atoms with Gasteiger partial charge in [0.15, 0.2) is 34.6 Å². The predicted octanol–water partition coefficient (Wildman–Crippen LogP) is 3.62. The van der Waals surface area contributed by atoms with Crippen LogP contribution in [0.3, 0.4) is 0 Å². The van der Waals surface area contributed by atoms with Gasteiger partial charge in [0.1, 0.15) is 5.82 Å². The topological polar surface area (TPSA) is 83.0 Å².